The average Bonchev–Trinajstić information content (AvgIpc) is 0.921. The SMILES string of the molecule is CS(=O)(=O)N1CCc2c(Br)cccc2C1.Cc1cnc(C)c(C(=O)Nc2ccccc2)c1.Cc1cnc(C)c(C(=O)O)c1.Cc1ncc(N)cc1C(=O)Nc1ccccc1.Cc1ncc(Nc2cccc3c2CCN(S(C)(=O)=O)C3)cc1C(=O)Nc1ccccc1. The van der Waals surface area contributed by atoms with Gasteiger partial charge in [0.2, 0.25) is 20.0 Å². The third-order valence-corrected chi connectivity index (χ3v) is 17.6. The van der Waals surface area contributed by atoms with Crippen molar-refractivity contribution in [3.63, 3.8) is 0 Å². The molecule has 0 radical (unpaired) electrons. The number of fused-ring (bicyclic) bond motifs is 2. The standard InChI is InChI=1S/C23H24N4O3S.C14H14N2O.C13H13N3O.C10H12BrNO2S.C8H9NO2/c1-16-21(23(28)26-18-8-4-3-5-9-18)13-19(14-24-16)25-22-10-6-7-17-15-27(31(2,29)30)12-11-20(17)22;1-10-8-13(11(2)15-9-10)14(17)16-12-6-4-3-5-7-12;1-9-12(7-10(14)8-15-9)13(17)16-11-5-3-2-4-6-11;1-15(13,14)12-6-5-9-8(7-12)3-2-4-10(9)11;1-5-3-7(8(10)11)6(2)9-4-5/h3-10,13-14,25H,11-12,15H2,1-2H3,(H,26,28);3-9H,1-2H3,(H,16,17);2-8H,14H2,1H3,(H,16,17);2-4H,5-7H2,1H3;3-4H,1-2H3,(H,10,11). The molecule has 6 heterocycles. The van der Waals surface area contributed by atoms with Gasteiger partial charge in [-0.1, -0.05) is 94.8 Å². The molecule has 0 bridgehead atoms. The summed E-state index contributed by atoms with van der Waals surface area (Å²) in [5, 5.41) is 20.5. The summed E-state index contributed by atoms with van der Waals surface area (Å²) < 4.78 is 50.7. The smallest absolute Gasteiger partial charge is 0.337 e. The number of halogens is 1. The highest BCUT2D eigenvalue weighted by molar-refractivity contribution is 9.10. The number of carboxylic acid groups (broad SMARTS) is 1. The number of carbonyl (C=O) groups is 4. The summed E-state index contributed by atoms with van der Waals surface area (Å²) in [6.45, 7) is 12.7. The molecule has 0 spiro atoms. The maximum atomic E-state index is 12.8. The zero-order valence-corrected chi connectivity index (χ0v) is 54.9. The molecule has 0 aliphatic carbocycles. The van der Waals surface area contributed by atoms with Crippen LogP contribution in [0.4, 0.5) is 34.1 Å². The normalized spacial score (nSPS) is 12.5. The van der Waals surface area contributed by atoms with Crippen LogP contribution in [0.5, 0.6) is 0 Å². The molecule has 11 rings (SSSR count). The summed E-state index contributed by atoms with van der Waals surface area (Å²) >= 11 is 3.48. The first-order chi connectivity index (χ1) is 43.2. The first kappa shape index (κ1) is 69.0. The third kappa shape index (κ3) is 20.2. The Hall–Kier alpha value is -9.52. The van der Waals surface area contributed by atoms with E-state index in [-0.39, 0.29) is 23.3 Å². The molecule has 4 aromatic heterocycles. The number of aromatic nitrogens is 4. The van der Waals surface area contributed by atoms with Gasteiger partial charge in [-0.25, -0.2) is 21.6 Å². The Morgan fingerprint density at radius 1 is 0.473 bits per heavy atom. The zero-order chi connectivity index (χ0) is 66.0. The molecule has 7 N–H and O–H groups in total. The van der Waals surface area contributed by atoms with E-state index in [1.54, 1.807) is 57.6 Å². The number of aromatic carboxylic acids is 1. The fraction of sp³-hybridized carbons (Fsp3) is 0.206. The van der Waals surface area contributed by atoms with E-state index in [2.05, 4.69) is 57.1 Å². The number of nitrogens with one attached hydrogen (secondary N) is 4. The maximum Gasteiger partial charge on any atom is 0.337 e. The Morgan fingerprint density at radius 3 is 1.31 bits per heavy atom. The Kier molecular flexibility index (Phi) is 24.1. The molecule has 3 amide bonds. The molecule has 23 heteroatoms. The number of amides is 3. The number of benzene rings is 5. The summed E-state index contributed by atoms with van der Waals surface area (Å²) in [6, 6.07) is 46.5. The highest BCUT2D eigenvalue weighted by Crippen LogP contribution is 2.31. The highest BCUT2D eigenvalue weighted by atomic mass is 79.9. The van der Waals surface area contributed by atoms with Crippen molar-refractivity contribution in [3.05, 3.63) is 259 Å². The summed E-state index contributed by atoms with van der Waals surface area (Å²) in [7, 11) is -6.29. The second-order valence-corrected chi connectivity index (χ2v) is 26.3. The number of hydrogen-bond donors (Lipinski definition) is 6. The molecule has 2 aliphatic rings. The van der Waals surface area contributed by atoms with E-state index in [1.165, 1.54) is 32.9 Å². The molecule has 0 saturated carbocycles. The summed E-state index contributed by atoms with van der Waals surface area (Å²) in [6.07, 6.45) is 10.5. The van der Waals surface area contributed by atoms with Gasteiger partial charge < -0.3 is 32.1 Å². The van der Waals surface area contributed by atoms with Crippen LogP contribution in [0.25, 0.3) is 0 Å². The summed E-state index contributed by atoms with van der Waals surface area (Å²) in [5.74, 6) is -1.46. The Labute approximate surface area is 539 Å². The quantitative estimate of drug-likeness (QED) is 0.0702. The van der Waals surface area contributed by atoms with Gasteiger partial charge in [0.1, 0.15) is 0 Å². The number of sulfonamides is 2. The fourth-order valence-corrected chi connectivity index (χ4v) is 11.6. The van der Waals surface area contributed by atoms with Crippen molar-refractivity contribution >= 4 is 93.8 Å². The van der Waals surface area contributed by atoms with Crippen LogP contribution >= 0.6 is 15.9 Å². The highest BCUT2D eigenvalue weighted by Gasteiger charge is 2.26. The number of carbonyl (C=O) groups excluding carboxylic acids is 3. The van der Waals surface area contributed by atoms with Crippen LogP contribution in [0.15, 0.2) is 181 Å². The lowest BCUT2D eigenvalue weighted by molar-refractivity contribution is 0.0694. The monoisotopic (exact) mass is 1330 g/mol. The Bertz CT molecular complexity index is 4200. The van der Waals surface area contributed by atoms with Crippen LogP contribution in [0.2, 0.25) is 0 Å². The number of rotatable bonds is 11. The number of nitrogens with zero attached hydrogens (tertiary/aromatic N) is 6. The van der Waals surface area contributed by atoms with Crippen LogP contribution in [-0.4, -0.2) is 99.8 Å². The topological polar surface area (TPSA) is 289 Å². The van der Waals surface area contributed by atoms with E-state index in [4.69, 9.17) is 10.8 Å². The molecule has 0 atom stereocenters. The second kappa shape index (κ2) is 31.8. The lowest BCUT2D eigenvalue weighted by atomic mass is 9.99. The number of carboxylic acids is 1. The van der Waals surface area contributed by atoms with Crippen molar-refractivity contribution in [3.8, 4) is 0 Å². The molecule has 5 aromatic carbocycles. The lowest BCUT2D eigenvalue weighted by Gasteiger charge is -2.28. The maximum absolute atomic E-state index is 12.8. The number of hydrogen-bond acceptors (Lipinski definition) is 14. The molecule has 20 nitrogen and oxygen atoms in total. The van der Waals surface area contributed by atoms with Crippen LogP contribution in [0.1, 0.15) is 97.6 Å². The van der Waals surface area contributed by atoms with E-state index in [1.807, 2.05) is 154 Å². The minimum Gasteiger partial charge on any atom is -0.478 e. The third-order valence-electron chi connectivity index (χ3n) is 14.3. The van der Waals surface area contributed by atoms with Gasteiger partial charge in [-0.15, -0.1) is 0 Å². The molecule has 9 aromatic rings. The van der Waals surface area contributed by atoms with Crippen LogP contribution in [0, 0.1) is 41.5 Å². The van der Waals surface area contributed by atoms with E-state index >= 15 is 0 Å². The summed E-state index contributed by atoms with van der Waals surface area (Å²) in [5.41, 5.74) is 20.7. The van der Waals surface area contributed by atoms with Gasteiger partial charge in [0.25, 0.3) is 17.7 Å². The number of anilines is 6. The second-order valence-electron chi connectivity index (χ2n) is 21.5. The molecule has 472 valence electrons. The zero-order valence-electron chi connectivity index (χ0n) is 51.7. The fourth-order valence-electron chi connectivity index (χ4n) is 9.45. The molecule has 91 heavy (non-hydrogen) atoms. The Morgan fingerprint density at radius 2 is 0.857 bits per heavy atom. The lowest BCUT2D eigenvalue weighted by Crippen LogP contribution is -2.35. The molecular weight excluding hydrogens is 1260 g/mol. The molecule has 0 saturated heterocycles. The molecular formula is C68H72BrN11O9S2. The number of nitrogens with two attached hydrogens (primary N) is 1. The van der Waals surface area contributed by atoms with Gasteiger partial charge >= 0.3 is 5.97 Å². The van der Waals surface area contributed by atoms with Gasteiger partial charge in [0, 0.05) is 71.5 Å². The number of para-hydroxylation sites is 3. The first-order valence-corrected chi connectivity index (χ1v) is 33.1. The van der Waals surface area contributed by atoms with Crippen molar-refractivity contribution < 1.29 is 41.1 Å². The van der Waals surface area contributed by atoms with Gasteiger partial charge in [-0.05, 0) is 161 Å². The van der Waals surface area contributed by atoms with Crippen molar-refractivity contribution in [2.45, 2.75) is 67.5 Å². The minimum atomic E-state index is -3.23. The molecule has 0 unspecified atom stereocenters. The summed E-state index contributed by atoms with van der Waals surface area (Å²) in [4.78, 5) is 63.9. The number of aryl methyl sites for hydroxylation is 6. The number of pyridine rings is 4. The molecule has 0 fully saturated rings. The van der Waals surface area contributed by atoms with E-state index < -0.39 is 26.0 Å². The Balaban J connectivity index is 0.000000170. The number of nitrogen functional groups attached to an aromatic ring is 1. The van der Waals surface area contributed by atoms with Crippen LogP contribution in [0.3, 0.4) is 0 Å². The van der Waals surface area contributed by atoms with Crippen molar-refractivity contribution in [2.24, 2.45) is 0 Å². The van der Waals surface area contributed by atoms with Gasteiger partial charge in [-0.3, -0.25) is 34.3 Å². The first-order valence-electron chi connectivity index (χ1n) is 28.7. The van der Waals surface area contributed by atoms with Crippen LogP contribution < -0.4 is 27.0 Å². The van der Waals surface area contributed by atoms with Crippen molar-refractivity contribution in [1.82, 2.24) is 28.5 Å². The van der Waals surface area contributed by atoms with Gasteiger partial charge in [0.15, 0.2) is 0 Å². The van der Waals surface area contributed by atoms with Crippen molar-refractivity contribution in [1.29, 1.82) is 0 Å². The van der Waals surface area contributed by atoms with Crippen molar-refractivity contribution in [2.75, 3.05) is 52.6 Å². The molecule has 2 aliphatic heterocycles. The average molecular weight is 1330 g/mol. The predicted octanol–water partition coefficient (Wildman–Crippen LogP) is 12.0. The van der Waals surface area contributed by atoms with Gasteiger partial charge in [-0.2, -0.15) is 8.61 Å². The minimum absolute atomic E-state index is 0.120. The predicted molar refractivity (Wildman–Crippen MR) is 362 cm³/mol. The van der Waals surface area contributed by atoms with E-state index in [9.17, 15) is 36.0 Å². The van der Waals surface area contributed by atoms with Gasteiger partial charge in [0.05, 0.1) is 75.6 Å². The van der Waals surface area contributed by atoms with E-state index in [0.717, 1.165) is 67.2 Å². The largest absolute Gasteiger partial charge is 0.478 e. The van der Waals surface area contributed by atoms with E-state index in [0.29, 0.717) is 77.7 Å². The van der Waals surface area contributed by atoms with Crippen LogP contribution in [-0.2, 0) is 46.0 Å².